The maximum atomic E-state index is 11.5. The van der Waals surface area contributed by atoms with E-state index in [0.717, 1.165) is 5.56 Å². The van der Waals surface area contributed by atoms with Crippen molar-refractivity contribution in [1.29, 1.82) is 0 Å². The van der Waals surface area contributed by atoms with Crippen LogP contribution in [0.4, 0.5) is 0 Å². The lowest BCUT2D eigenvalue weighted by Crippen LogP contribution is -2.08. The Kier molecular flexibility index (Phi) is 4.03. The molecule has 0 spiro atoms. The molecule has 0 aliphatic heterocycles. The van der Waals surface area contributed by atoms with Gasteiger partial charge in [-0.2, -0.15) is 0 Å². The Balaban J connectivity index is 3.26. The van der Waals surface area contributed by atoms with Crippen LogP contribution in [-0.2, 0) is 4.74 Å². The summed E-state index contributed by atoms with van der Waals surface area (Å²) in [5, 5.41) is 0. The highest BCUT2D eigenvalue weighted by atomic mass is 79.9. The van der Waals surface area contributed by atoms with Gasteiger partial charge in [-0.25, -0.2) is 4.79 Å². The minimum atomic E-state index is -0.469. The zero-order chi connectivity index (χ0) is 11.4. The van der Waals surface area contributed by atoms with Gasteiger partial charge in [0.1, 0.15) is 0 Å². The summed E-state index contributed by atoms with van der Waals surface area (Å²) >= 11 is 3.24. The molecule has 0 saturated heterocycles. The van der Waals surface area contributed by atoms with Gasteiger partial charge in [0.2, 0.25) is 0 Å². The number of aldehydes is 1. The van der Waals surface area contributed by atoms with Gasteiger partial charge in [0, 0.05) is 10.0 Å². The van der Waals surface area contributed by atoms with Gasteiger partial charge in [-0.1, -0.05) is 15.9 Å². The number of carbonyl (C=O) groups excluding carboxylic acids is 2. The smallest absolute Gasteiger partial charge is 0.338 e. The number of hydrogen-bond acceptors (Lipinski definition) is 3. The maximum absolute atomic E-state index is 11.5. The van der Waals surface area contributed by atoms with E-state index in [0.29, 0.717) is 28.5 Å². The SMILES string of the molecule is CCOC(=O)c1cc(C)cc(Br)c1C=O. The number of aryl methyl sites for hydroxylation is 1. The normalized spacial score (nSPS) is 9.80. The second-order valence-electron chi connectivity index (χ2n) is 3.05. The van der Waals surface area contributed by atoms with Crippen molar-refractivity contribution < 1.29 is 14.3 Å². The van der Waals surface area contributed by atoms with Crippen molar-refractivity contribution >= 4 is 28.2 Å². The van der Waals surface area contributed by atoms with Gasteiger partial charge in [-0.3, -0.25) is 4.79 Å². The molecule has 0 unspecified atom stereocenters. The van der Waals surface area contributed by atoms with Crippen LogP contribution in [0.5, 0.6) is 0 Å². The van der Waals surface area contributed by atoms with Crippen LogP contribution in [0.25, 0.3) is 0 Å². The average Bonchev–Trinajstić information content (AvgIpc) is 2.17. The number of esters is 1. The first-order valence-electron chi connectivity index (χ1n) is 4.52. The monoisotopic (exact) mass is 270 g/mol. The van der Waals surface area contributed by atoms with E-state index >= 15 is 0 Å². The first-order chi connectivity index (χ1) is 7.10. The molecule has 3 nitrogen and oxygen atoms in total. The predicted octanol–water partition coefficient (Wildman–Crippen LogP) is 2.75. The van der Waals surface area contributed by atoms with Crippen molar-refractivity contribution in [2.75, 3.05) is 6.61 Å². The molecule has 4 heteroatoms. The van der Waals surface area contributed by atoms with Gasteiger partial charge in [-0.05, 0) is 31.5 Å². The number of rotatable bonds is 3. The molecule has 15 heavy (non-hydrogen) atoms. The topological polar surface area (TPSA) is 43.4 Å². The molecule has 0 atom stereocenters. The molecule has 1 aromatic rings. The molecule has 0 aliphatic rings. The van der Waals surface area contributed by atoms with E-state index in [2.05, 4.69) is 15.9 Å². The molecule has 0 aliphatic carbocycles. The first-order valence-corrected chi connectivity index (χ1v) is 5.32. The van der Waals surface area contributed by atoms with Gasteiger partial charge in [0.15, 0.2) is 6.29 Å². The van der Waals surface area contributed by atoms with Crippen LogP contribution in [0.15, 0.2) is 16.6 Å². The van der Waals surface area contributed by atoms with Crippen molar-refractivity contribution in [2.45, 2.75) is 13.8 Å². The fourth-order valence-electron chi connectivity index (χ4n) is 1.25. The molecule has 0 fully saturated rings. The molecule has 0 radical (unpaired) electrons. The number of carbonyl (C=O) groups is 2. The van der Waals surface area contributed by atoms with Crippen LogP contribution in [0, 0.1) is 6.92 Å². The molecular formula is C11H11BrO3. The van der Waals surface area contributed by atoms with Crippen molar-refractivity contribution in [2.24, 2.45) is 0 Å². The maximum Gasteiger partial charge on any atom is 0.338 e. The molecule has 0 aromatic heterocycles. The summed E-state index contributed by atoms with van der Waals surface area (Å²) in [4.78, 5) is 22.4. The number of halogens is 1. The quantitative estimate of drug-likeness (QED) is 0.627. The average molecular weight is 271 g/mol. The van der Waals surface area contributed by atoms with Crippen LogP contribution < -0.4 is 0 Å². The molecule has 0 N–H and O–H groups in total. The highest BCUT2D eigenvalue weighted by Gasteiger charge is 2.15. The van der Waals surface area contributed by atoms with E-state index in [1.807, 2.05) is 6.92 Å². The Morgan fingerprint density at radius 2 is 2.20 bits per heavy atom. The summed E-state index contributed by atoms with van der Waals surface area (Å²) in [6.07, 6.45) is 0.649. The third-order valence-electron chi connectivity index (χ3n) is 1.89. The summed E-state index contributed by atoms with van der Waals surface area (Å²) < 4.78 is 5.47. The van der Waals surface area contributed by atoms with Crippen LogP contribution in [0.1, 0.15) is 33.2 Å². The third-order valence-corrected chi connectivity index (χ3v) is 2.54. The van der Waals surface area contributed by atoms with Gasteiger partial charge in [0.25, 0.3) is 0 Å². The van der Waals surface area contributed by atoms with Crippen LogP contribution in [0.3, 0.4) is 0 Å². The van der Waals surface area contributed by atoms with Crippen molar-refractivity contribution in [1.82, 2.24) is 0 Å². The number of benzene rings is 1. The standard InChI is InChI=1S/C11H11BrO3/c1-3-15-11(14)8-4-7(2)5-10(12)9(8)6-13/h4-6H,3H2,1-2H3. The van der Waals surface area contributed by atoms with Gasteiger partial charge in [-0.15, -0.1) is 0 Å². The molecule has 0 heterocycles. The van der Waals surface area contributed by atoms with E-state index in [1.165, 1.54) is 0 Å². The summed E-state index contributed by atoms with van der Waals surface area (Å²) in [6.45, 7) is 3.87. The van der Waals surface area contributed by atoms with E-state index in [-0.39, 0.29) is 0 Å². The molecule has 0 bridgehead atoms. The summed E-state index contributed by atoms with van der Waals surface area (Å²) in [5.74, 6) is -0.469. The highest BCUT2D eigenvalue weighted by Crippen LogP contribution is 2.22. The second kappa shape index (κ2) is 5.07. The lowest BCUT2D eigenvalue weighted by atomic mass is 10.1. The Morgan fingerprint density at radius 3 is 2.73 bits per heavy atom. The highest BCUT2D eigenvalue weighted by molar-refractivity contribution is 9.10. The zero-order valence-electron chi connectivity index (χ0n) is 8.54. The van der Waals surface area contributed by atoms with E-state index in [4.69, 9.17) is 4.74 Å². The van der Waals surface area contributed by atoms with Gasteiger partial charge >= 0.3 is 5.97 Å². The van der Waals surface area contributed by atoms with Crippen LogP contribution in [0.2, 0.25) is 0 Å². The first kappa shape index (κ1) is 11.9. The van der Waals surface area contributed by atoms with Crippen molar-refractivity contribution in [3.05, 3.63) is 33.3 Å². The predicted molar refractivity (Wildman–Crippen MR) is 60.2 cm³/mol. The van der Waals surface area contributed by atoms with E-state index < -0.39 is 5.97 Å². The molecule has 1 aromatic carbocycles. The molecule has 0 amide bonds. The Bertz CT molecular complexity index is 399. The molecular weight excluding hydrogens is 260 g/mol. The minimum absolute atomic E-state index is 0.294. The second-order valence-corrected chi connectivity index (χ2v) is 3.90. The van der Waals surface area contributed by atoms with Crippen molar-refractivity contribution in [3.8, 4) is 0 Å². The Labute approximate surface area is 96.6 Å². The number of ether oxygens (including phenoxy) is 1. The fraction of sp³-hybridized carbons (Fsp3) is 0.273. The van der Waals surface area contributed by atoms with E-state index in [9.17, 15) is 9.59 Å². The minimum Gasteiger partial charge on any atom is -0.462 e. The summed E-state index contributed by atoms with van der Waals surface area (Å²) in [6, 6.07) is 3.43. The number of hydrogen-bond donors (Lipinski definition) is 0. The third kappa shape index (κ3) is 2.65. The molecule has 1 rings (SSSR count). The van der Waals surface area contributed by atoms with Gasteiger partial charge in [0.05, 0.1) is 12.2 Å². The van der Waals surface area contributed by atoms with Crippen LogP contribution in [-0.4, -0.2) is 18.9 Å². The fourth-order valence-corrected chi connectivity index (χ4v) is 1.92. The van der Waals surface area contributed by atoms with Crippen LogP contribution >= 0.6 is 15.9 Å². The zero-order valence-corrected chi connectivity index (χ0v) is 10.1. The largest absolute Gasteiger partial charge is 0.462 e. The molecule has 0 saturated carbocycles. The molecule has 80 valence electrons. The van der Waals surface area contributed by atoms with Crippen molar-refractivity contribution in [3.63, 3.8) is 0 Å². The Morgan fingerprint density at radius 1 is 1.53 bits per heavy atom. The summed E-state index contributed by atoms with van der Waals surface area (Å²) in [7, 11) is 0. The van der Waals surface area contributed by atoms with Gasteiger partial charge < -0.3 is 4.74 Å². The summed E-state index contributed by atoms with van der Waals surface area (Å²) in [5.41, 5.74) is 1.54. The van der Waals surface area contributed by atoms with E-state index in [1.54, 1.807) is 19.1 Å². The lowest BCUT2D eigenvalue weighted by Gasteiger charge is -2.07. The lowest BCUT2D eigenvalue weighted by molar-refractivity contribution is 0.0524. The Hall–Kier alpha value is -1.16.